The minimum atomic E-state index is -3.59. The highest BCUT2D eigenvalue weighted by atomic mass is 32.2. The van der Waals surface area contributed by atoms with Crippen molar-refractivity contribution >= 4 is 15.7 Å². The van der Waals surface area contributed by atoms with Gasteiger partial charge in [-0.3, -0.25) is 0 Å². The molecule has 0 radical (unpaired) electrons. The van der Waals surface area contributed by atoms with Crippen molar-refractivity contribution in [3.8, 4) is 0 Å². The van der Waals surface area contributed by atoms with Crippen molar-refractivity contribution in [2.45, 2.75) is 43.5 Å². The molecule has 1 aliphatic carbocycles. The second-order valence-corrected chi connectivity index (χ2v) is 7.25. The van der Waals surface area contributed by atoms with E-state index < -0.39 is 10.0 Å². The number of rotatable bonds is 4. The van der Waals surface area contributed by atoms with Crippen molar-refractivity contribution in [3.63, 3.8) is 0 Å². The summed E-state index contributed by atoms with van der Waals surface area (Å²) in [5, 5.41) is 9.36. The lowest BCUT2D eigenvalue weighted by molar-refractivity contribution is 0.164. The lowest BCUT2D eigenvalue weighted by Crippen LogP contribution is -2.43. The third kappa shape index (κ3) is 3.50. The smallest absolute Gasteiger partial charge is 0.240 e. The molecule has 1 fully saturated rings. The first-order valence-electron chi connectivity index (χ1n) is 6.93. The number of hydrogen-bond donors (Lipinski definition) is 3. The maximum Gasteiger partial charge on any atom is 0.240 e. The largest absolute Gasteiger partial charge is 0.399 e. The van der Waals surface area contributed by atoms with Crippen LogP contribution in [0.15, 0.2) is 23.1 Å². The molecule has 5 nitrogen and oxygen atoms in total. The molecule has 2 rings (SSSR count). The summed E-state index contributed by atoms with van der Waals surface area (Å²) in [6.07, 6.45) is 3.66. The summed E-state index contributed by atoms with van der Waals surface area (Å²) >= 11 is 0. The normalized spacial score (nSPS) is 23.7. The molecule has 2 unspecified atom stereocenters. The van der Waals surface area contributed by atoms with E-state index in [0.29, 0.717) is 5.69 Å². The number of sulfonamides is 1. The predicted octanol–water partition coefficient (Wildman–Crippen LogP) is 1.41. The molecule has 0 amide bonds. The molecule has 0 saturated heterocycles. The van der Waals surface area contributed by atoms with Gasteiger partial charge >= 0.3 is 0 Å². The van der Waals surface area contributed by atoms with E-state index in [9.17, 15) is 13.5 Å². The number of benzene rings is 1. The van der Waals surface area contributed by atoms with Crippen LogP contribution in [0.1, 0.15) is 31.2 Å². The molecular formula is C14H22N2O3S. The Kier molecular flexibility index (Phi) is 4.67. The van der Waals surface area contributed by atoms with Crippen molar-refractivity contribution in [1.82, 2.24) is 4.72 Å². The first-order valence-corrected chi connectivity index (χ1v) is 8.41. The lowest BCUT2D eigenvalue weighted by Gasteiger charge is -2.30. The maximum atomic E-state index is 12.4. The highest BCUT2D eigenvalue weighted by molar-refractivity contribution is 7.89. The number of aliphatic hydroxyl groups excluding tert-OH is 1. The zero-order valence-corrected chi connectivity index (χ0v) is 12.5. The quantitative estimate of drug-likeness (QED) is 0.733. The van der Waals surface area contributed by atoms with Crippen molar-refractivity contribution in [3.05, 3.63) is 23.8 Å². The molecule has 0 aromatic heterocycles. The maximum absolute atomic E-state index is 12.4. The van der Waals surface area contributed by atoms with Gasteiger partial charge in [-0.25, -0.2) is 13.1 Å². The number of nitrogens with two attached hydrogens (primary N) is 1. The summed E-state index contributed by atoms with van der Waals surface area (Å²) in [5.74, 6) is 0.000631. The van der Waals surface area contributed by atoms with E-state index in [4.69, 9.17) is 5.73 Å². The lowest BCUT2D eigenvalue weighted by atomic mass is 9.86. The zero-order valence-electron chi connectivity index (χ0n) is 11.7. The van der Waals surface area contributed by atoms with Crippen LogP contribution in [0.3, 0.4) is 0 Å². The average molecular weight is 298 g/mol. The molecule has 1 aromatic rings. The van der Waals surface area contributed by atoms with Gasteiger partial charge in [0.2, 0.25) is 10.0 Å². The van der Waals surface area contributed by atoms with Crippen LogP contribution in [0, 0.1) is 12.8 Å². The molecule has 0 aliphatic heterocycles. The van der Waals surface area contributed by atoms with Crippen LogP contribution < -0.4 is 10.5 Å². The molecule has 1 aliphatic rings. The molecule has 0 heterocycles. The molecule has 0 bridgehead atoms. The number of nitrogen functional groups attached to an aromatic ring is 1. The Morgan fingerprint density at radius 2 is 2.00 bits per heavy atom. The monoisotopic (exact) mass is 298 g/mol. The van der Waals surface area contributed by atoms with Gasteiger partial charge in [0.25, 0.3) is 0 Å². The Morgan fingerprint density at radius 1 is 1.30 bits per heavy atom. The summed E-state index contributed by atoms with van der Waals surface area (Å²) < 4.78 is 27.6. The Morgan fingerprint density at radius 3 is 2.65 bits per heavy atom. The molecule has 2 atom stereocenters. The summed E-state index contributed by atoms with van der Waals surface area (Å²) in [7, 11) is -3.59. The number of aliphatic hydroxyl groups is 1. The predicted molar refractivity (Wildman–Crippen MR) is 78.7 cm³/mol. The van der Waals surface area contributed by atoms with Gasteiger partial charge in [-0.15, -0.1) is 0 Å². The minimum Gasteiger partial charge on any atom is -0.399 e. The van der Waals surface area contributed by atoms with Crippen molar-refractivity contribution < 1.29 is 13.5 Å². The van der Waals surface area contributed by atoms with Crippen LogP contribution in [0.2, 0.25) is 0 Å². The van der Waals surface area contributed by atoms with Gasteiger partial charge in [0.1, 0.15) is 0 Å². The Bertz CT molecular complexity index is 552. The van der Waals surface area contributed by atoms with E-state index in [2.05, 4.69) is 4.72 Å². The van der Waals surface area contributed by atoms with Gasteiger partial charge < -0.3 is 10.8 Å². The van der Waals surface area contributed by atoms with Gasteiger partial charge in [0.05, 0.1) is 4.90 Å². The second kappa shape index (κ2) is 6.11. The van der Waals surface area contributed by atoms with E-state index in [1.54, 1.807) is 12.1 Å². The van der Waals surface area contributed by atoms with Crippen molar-refractivity contribution in [2.24, 2.45) is 5.92 Å². The Labute approximate surface area is 120 Å². The fourth-order valence-corrected chi connectivity index (χ4v) is 4.26. The van der Waals surface area contributed by atoms with Gasteiger partial charge in [0.15, 0.2) is 0 Å². The van der Waals surface area contributed by atoms with E-state index in [0.717, 1.165) is 31.2 Å². The van der Waals surface area contributed by atoms with Gasteiger partial charge in [-0.1, -0.05) is 12.8 Å². The van der Waals surface area contributed by atoms with Crippen LogP contribution >= 0.6 is 0 Å². The van der Waals surface area contributed by atoms with Crippen LogP contribution in [0.25, 0.3) is 0 Å². The Balaban J connectivity index is 2.21. The van der Waals surface area contributed by atoms with Crippen LogP contribution in [0.5, 0.6) is 0 Å². The third-order valence-electron chi connectivity index (χ3n) is 3.83. The molecule has 0 spiro atoms. The molecule has 112 valence electrons. The first kappa shape index (κ1) is 15.3. The van der Waals surface area contributed by atoms with E-state index in [-0.39, 0.29) is 23.5 Å². The number of hydrogen-bond acceptors (Lipinski definition) is 4. The number of aryl methyl sites for hydroxylation is 1. The molecule has 6 heteroatoms. The van der Waals surface area contributed by atoms with Crippen LogP contribution in [-0.2, 0) is 10.0 Å². The van der Waals surface area contributed by atoms with Gasteiger partial charge in [0, 0.05) is 18.3 Å². The molecule has 1 saturated carbocycles. The fourth-order valence-electron chi connectivity index (χ4n) is 2.78. The fraction of sp³-hybridized carbons (Fsp3) is 0.571. The van der Waals surface area contributed by atoms with Crippen molar-refractivity contribution in [1.29, 1.82) is 0 Å². The second-order valence-electron chi connectivity index (χ2n) is 5.53. The summed E-state index contributed by atoms with van der Waals surface area (Å²) in [4.78, 5) is 0.192. The highest BCUT2D eigenvalue weighted by Gasteiger charge is 2.29. The van der Waals surface area contributed by atoms with Gasteiger partial charge in [-0.05, 0) is 49.4 Å². The minimum absolute atomic E-state index is 0.000631. The molecule has 1 aromatic carbocycles. The van der Waals surface area contributed by atoms with Gasteiger partial charge in [-0.2, -0.15) is 0 Å². The highest BCUT2D eigenvalue weighted by Crippen LogP contribution is 2.26. The molecule has 4 N–H and O–H groups in total. The number of nitrogens with one attached hydrogen (secondary N) is 1. The SMILES string of the molecule is Cc1cc(N)cc(S(=O)(=O)NC2CCCCC2CO)c1. The van der Waals surface area contributed by atoms with E-state index in [1.165, 1.54) is 6.07 Å². The summed E-state index contributed by atoms with van der Waals surface area (Å²) in [5.41, 5.74) is 6.96. The van der Waals surface area contributed by atoms with Crippen LogP contribution in [0.4, 0.5) is 5.69 Å². The van der Waals surface area contributed by atoms with E-state index >= 15 is 0 Å². The zero-order chi connectivity index (χ0) is 14.8. The van der Waals surface area contributed by atoms with Crippen LogP contribution in [-0.4, -0.2) is 26.2 Å². The average Bonchev–Trinajstić information content (AvgIpc) is 2.38. The topological polar surface area (TPSA) is 92.4 Å². The molecule has 20 heavy (non-hydrogen) atoms. The summed E-state index contributed by atoms with van der Waals surface area (Å²) in [6.45, 7) is 1.83. The summed E-state index contributed by atoms with van der Waals surface area (Å²) in [6, 6.07) is 4.61. The third-order valence-corrected chi connectivity index (χ3v) is 5.30. The van der Waals surface area contributed by atoms with Crippen molar-refractivity contribution in [2.75, 3.05) is 12.3 Å². The molecular weight excluding hydrogens is 276 g/mol. The Hall–Kier alpha value is -1.11. The van der Waals surface area contributed by atoms with E-state index in [1.807, 2.05) is 6.92 Å². The standard InChI is InChI=1S/C14H22N2O3S/c1-10-6-12(15)8-13(7-10)20(18,19)16-14-5-3-2-4-11(14)9-17/h6-8,11,14,16-17H,2-5,9,15H2,1H3. The number of anilines is 1. The first-order chi connectivity index (χ1) is 9.42.